The van der Waals surface area contributed by atoms with Crippen LogP contribution in [0.5, 0.6) is 5.75 Å². The third-order valence-electron chi connectivity index (χ3n) is 3.23. The van der Waals surface area contributed by atoms with Crippen molar-refractivity contribution in [1.82, 2.24) is 0 Å². The van der Waals surface area contributed by atoms with Gasteiger partial charge in [0.05, 0.1) is 26.0 Å². The van der Waals surface area contributed by atoms with Crippen LogP contribution in [0.2, 0.25) is 0 Å². The SMILES string of the molecule is COc1ccc2c(c1)[C@@H]1OCC[NH2+][C@H]1CS2.[Cl-]. The van der Waals surface area contributed by atoms with Gasteiger partial charge >= 0.3 is 0 Å². The minimum absolute atomic E-state index is 0. The fraction of sp³-hybridized carbons (Fsp3) is 0.500. The van der Waals surface area contributed by atoms with Crippen molar-refractivity contribution in [2.45, 2.75) is 17.0 Å². The molecule has 2 N–H and O–H groups in total. The molecular formula is C12H16ClNO2S. The van der Waals surface area contributed by atoms with E-state index in [2.05, 4.69) is 17.4 Å². The topological polar surface area (TPSA) is 35.1 Å². The van der Waals surface area contributed by atoms with Crippen LogP contribution in [-0.2, 0) is 4.74 Å². The fourth-order valence-corrected chi connectivity index (χ4v) is 3.58. The highest BCUT2D eigenvalue weighted by Crippen LogP contribution is 2.39. The minimum atomic E-state index is 0. The van der Waals surface area contributed by atoms with Crippen LogP contribution in [0.25, 0.3) is 0 Å². The molecule has 3 nitrogen and oxygen atoms in total. The molecule has 3 rings (SSSR count). The highest BCUT2D eigenvalue weighted by Gasteiger charge is 2.36. The van der Waals surface area contributed by atoms with Crippen molar-refractivity contribution in [1.29, 1.82) is 0 Å². The van der Waals surface area contributed by atoms with Gasteiger partial charge in [-0.05, 0) is 18.2 Å². The summed E-state index contributed by atoms with van der Waals surface area (Å²) in [5, 5.41) is 2.41. The number of nitrogens with two attached hydrogens (primary N) is 1. The molecule has 0 aromatic heterocycles. The van der Waals surface area contributed by atoms with Crippen molar-refractivity contribution in [2.75, 3.05) is 26.0 Å². The van der Waals surface area contributed by atoms with Gasteiger partial charge in [0.2, 0.25) is 0 Å². The number of morpholine rings is 1. The monoisotopic (exact) mass is 273 g/mol. The van der Waals surface area contributed by atoms with Crippen LogP contribution in [0.15, 0.2) is 23.1 Å². The van der Waals surface area contributed by atoms with Crippen LogP contribution in [0.1, 0.15) is 11.7 Å². The Morgan fingerprint density at radius 1 is 1.47 bits per heavy atom. The Morgan fingerprint density at radius 2 is 2.35 bits per heavy atom. The quantitative estimate of drug-likeness (QED) is 0.631. The molecule has 0 saturated carbocycles. The summed E-state index contributed by atoms with van der Waals surface area (Å²) in [6.45, 7) is 1.93. The maximum Gasteiger partial charge on any atom is 0.136 e. The zero-order valence-corrected chi connectivity index (χ0v) is 11.3. The molecule has 2 heterocycles. The maximum atomic E-state index is 5.91. The maximum absolute atomic E-state index is 5.91. The summed E-state index contributed by atoms with van der Waals surface area (Å²) >= 11 is 1.93. The normalized spacial score (nSPS) is 26.4. The summed E-state index contributed by atoms with van der Waals surface area (Å²) in [5.74, 6) is 2.07. The van der Waals surface area contributed by atoms with Crippen LogP contribution in [0.3, 0.4) is 0 Å². The van der Waals surface area contributed by atoms with Gasteiger partial charge in [0.25, 0.3) is 0 Å². The number of fused-ring (bicyclic) bond motifs is 3. The molecular weight excluding hydrogens is 258 g/mol. The van der Waals surface area contributed by atoms with Gasteiger partial charge in [-0.2, -0.15) is 0 Å². The summed E-state index contributed by atoms with van der Waals surface area (Å²) in [4.78, 5) is 1.34. The lowest BCUT2D eigenvalue weighted by Crippen LogP contribution is -3.00. The standard InChI is InChI=1S/C12H15NO2S.ClH/c1-14-8-2-3-11-9(6-8)12-10(7-16-11)13-4-5-15-12;/h2-3,6,10,12-13H,4-5,7H2,1H3;1H/t10-,12-;/m0./s1. The van der Waals surface area contributed by atoms with Gasteiger partial charge in [-0.25, -0.2) is 0 Å². The molecule has 1 saturated heterocycles. The first-order chi connectivity index (χ1) is 7.88. The number of hydrogen-bond donors (Lipinski definition) is 1. The zero-order valence-electron chi connectivity index (χ0n) is 9.69. The first-order valence-electron chi connectivity index (χ1n) is 5.64. The van der Waals surface area contributed by atoms with Crippen molar-refractivity contribution in [3.8, 4) is 5.75 Å². The highest BCUT2D eigenvalue weighted by atomic mass is 35.5. The van der Waals surface area contributed by atoms with E-state index in [0.717, 1.165) is 24.7 Å². The number of hydrogen-bond acceptors (Lipinski definition) is 3. The summed E-state index contributed by atoms with van der Waals surface area (Å²) in [7, 11) is 1.71. The summed E-state index contributed by atoms with van der Waals surface area (Å²) in [6, 6.07) is 6.86. The highest BCUT2D eigenvalue weighted by molar-refractivity contribution is 7.99. The Balaban J connectivity index is 0.00000108. The largest absolute Gasteiger partial charge is 1.00 e. The van der Waals surface area contributed by atoms with Gasteiger partial charge in [0, 0.05) is 10.5 Å². The minimum Gasteiger partial charge on any atom is -1.00 e. The molecule has 0 spiro atoms. The second-order valence-electron chi connectivity index (χ2n) is 4.19. The molecule has 1 aromatic rings. The van der Waals surface area contributed by atoms with Gasteiger partial charge < -0.3 is 27.2 Å². The van der Waals surface area contributed by atoms with Gasteiger partial charge in [-0.1, -0.05) is 0 Å². The first-order valence-corrected chi connectivity index (χ1v) is 6.63. The van der Waals surface area contributed by atoms with Crippen LogP contribution in [0.4, 0.5) is 0 Å². The zero-order chi connectivity index (χ0) is 11.0. The van der Waals surface area contributed by atoms with Gasteiger partial charge in [-0.3, -0.25) is 0 Å². The molecule has 17 heavy (non-hydrogen) atoms. The first kappa shape index (κ1) is 13.0. The molecule has 0 bridgehead atoms. The molecule has 2 atom stereocenters. The second kappa shape index (κ2) is 5.48. The van der Waals surface area contributed by atoms with Crippen molar-refractivity contribution in [2.24, 2.45) is 0 Å². The third kappa shape index (κ3) is 2.40. The lowest BCUT2D eigenvalue weighted by atomic mass is 10.0. The van der Waals surface area contributed by atoms with E-state index in [1.807, 2.05) is 17.8 Å². The summed E-state index contributed by atoms with van der Waals surface area (Å²) in [5.41, 5.74) is 1.30. The molecule has 1 aromatic carbocycles. The molecule has 0 aliphatic carbocycles. The van der Waals surface area contributed by atoms with Gasteiger partial charge in [0.15, 0.2) is 0 Å². The predicted molar refractivity (Wildman–Crippen MR) is 63.0 cm³/mol. The lowest BCUT2D eigenvalue weighted by molar-refractivity contribution is -0.710. The Morgan fingerprint density at radius 3 is 3.18 bits per heavy atom. The molecule has 0 radical (unpaired) electrons. The van der Waals surface area contributed by atoms with Crippen molar-refractivity contribution in [3.05, 3.63) is 23.8 Å². The molecule has 94 valence electrons. The van der Waals surface area contributed by atoms with E-state index in [1.54, 1.807) is 7.11 Å². The van der Waals surface area contributed by atoms with Crippen molar-refractivity contribution < 1.29 is 27.2 Å². The van der Waals surface area contributed by atoms with Crippen molar-refractivity contribution >= 4 is 11.8 Å². The van der Waals surface area contributed by atoms with E-state index in [1.165, 1.54) is 10.5 Å². The Labute approximate surface area is 112 Å². The van der Waals surface area contributed by atoms with Crippen molar-refractivity contribution in [3.63, 3.8) is 0 Å². The van der Waals surface area contributed by atoms with E-state index in [-0.39, 0.29) is 18.5 Å². The van der Waals surface area contributed by atoms with Crippen LogP contribution >= 0.6 is 11.8 Å². The van der Waals surface area contributed by atoms with Gasteiger partial charge in [-0.15, -0.1) is 11.8 Å². The predicted octanol–water partition coefficient (Wildman–Crippen LogP) is -2.19. The average molecular weight is 274 g/mol. The number of benzene rings is 1. The van der Waals surface area contributed by atoms with Crippen LogP contribution in [-0.4, -0.2) is 32.1 Å². The lowest BCUT2D eigenvalue weighted by Gasteiger charge is -2.34. The molecule has 0 amide bonds. The fourth-order valence-electron chi connectivity index (χ4n) is 2.39. The Hall–Kier alpha value is -0.420. The number of quaternary nitrogens is 1. The van der Waals surface area contributed by atoms with E-state index < -0.39 is 0 Å². The molecule has 1 fully saturated rings. The van der Waals surface area contributed by atoms with E-state index in [4.69, 9.17) is 9.47 Å². The number of halogens is 1. The van der Waals surface area contributed by atoms with Crippen LogP contribution in [0, 0.1) is 0 Å². The third-order valence-corrected chi connectivity index (χ3v) is 4.46. The van der Waals surface area contributed by atoms with E-state index in [9.17, 15) is 0 Å². The summed E-state index contributed by atoms with van der Waals surface area (Å²) < 4.78 is 11.2. The smallest absolute Gasteiger partial charge is 0.136 e. The Kier molecular flexibility index (Phi) is 4.20. The van der Waals surface area contributed by atoms with Crippen LogP contribution < -0.4 is 22.5 Å². The van der Waals surface area contributed by atoms with E-state index >= 15 is 0 Å². The number of methoxy groups -OCH3 is 1. The van der Waals surface area contributed by atoms with E-state index in [0.29, 0.717) is 6.04 Å². The second-order valence-corrected chi connectivity index (χ2v) is 5.26. The molecule has 2 aliphatic heterocycles. The number of thioether (sulfide) groups is 1. The molecule has 5 heteroatoms. The number of rotatable bonds is 1. The van der Waals surface area contributed by atoms with Gasteiger partial charge in [0.1, 0.15) is 17.9 Å². The Bertz CT molecular complexity index is 402. The number of ether oxygens (including phenoxy) is 2. The molecule has 0 unspecified atom stereocenters. The molecule has 2 aliphatic rings. The summed E-state index contributed by atoms with van der Waals surface area (Å²) in [6.07, 6.45) is 0.250. The average Bonchev–Trinajstić information content (AvgIpc) is 2.38.